The first-order valence-electron chi connectivity index (χ1n) is 8.35. The van der Waals surface area contributed by atoms with E-state index in [2.05, 4.69) is 25.1 Å². The van der Waals surface area contributed by atoms with E-state index in [9.17, 15) is 4.79 Å². The summed E-state index contributed by atoms with van der Waals surface area (Å²) in [5.74, 6) is 1.39. The average Bonchev–Trinajstić information content (AvgIpc) is 2.51. The molecule has 22 heavy (non-hydrogen) atoms. The molecule has 0 radical (unpaired) electrons. The third kappa shape index (κ3) is 3.94. The van der Waals surface area contributed by atoms with Crippen LogP contribution in [0.3, 0.4) is 0 Å². The van der Waals surface area contributed by atoms with Gasteiger partial charge >= 0.3 is 0 Å². The van der Waals surface area contributed by atoms with E-state index in [1.54, 1.807) is 12.4 Å². The molecule has 1 aromatic rings. The fraction of sp³-hybridized carbons (Fsp3) is 0.688. The fourth-order valence-corrected chi connectivity index (χ4v) is 2.96. The van der Waals surface area contributed by atoms with Crippen LogP contribution >= 0.6 is 0 Å². The number of rotatable bonds is 6. The standard InChI is InChI=1S/C16H25N5O/c22-15(14-4-1-5-14)17-8-3-9-20-10-12-21(13-11-20)16-18-6-2-7-19-16/h2,6-7,14H,1,3-5,8-13H2,(H,17,22). The first-order chi connectivity index (χ1) is 10.8. The molecule has 1 saturated carbocycles. The van der Waals surface area contributed by atoms with Crippen molar-refractivity contribution in [3.63, 3.8) is 0 Å². The minimum Gasteiger partial charge on any atom is -0.356 e. The van der Waals surface area contributed by atoms with Crippen molar-refractivity contribution in [1.29, 1.82) is 0 Å². The van der Waals surface area contributed by atoms with Crippen LogP contribution in [-0.4, -0.2) is 60.0 Å². The second-order valence-corrected chi connectivity index (χ2v) is 6.15. The number of hydrogen-bond donors (Lipinski definition) is 1. The Hall–Kier alpha value is -1.69. The lowest BCUT2D eigenvalue weighted by Gasteiger charge is -2.34. The van der Waals surface area contributed by atoms with Crippen LogP contribution < -0.4 is 10.2 Å². The fourth-order valence-electron chi connectivity index (χ4n) is 2.96. The summed E-state index contributed by atoms with van der Waals surface area (Å²) in [6.07, 6.45) is 7.98. The average molecular weight is 303 g/mol. The molecule has 1 aromatic heterocycles. The van der Waals surface area contributed by atoms with Crippen LogP contribution in [-0.2, 0) is 4.79 Å². The molecule has 2 aliphatic rings. The van der Waals surface area contributed by atoms with E-state index in [4.69, 9.17) is 0 Å². The highest BCUT2D eigenvalue weighted by Crippen LogP contribution is 2.26. The van der Waals surface area contributed by atoms with Gasteiger partial charge in [-0.25, -0.2) is 9.97 Å². The minimum atomic E-state index is 0.261. The molecule has 1 aliphatic heterocycles. The Morgan fingerprint density at radius 2 is 1.91 bits per heavy atom. The summed E-state index contributed by atoms with van der Waals surface area (Å²) >= 11 is 0. The molecule has 0 unspecified atom stereocenters. The van der Waals surface area contributed by atoms with E-state index in [0.717, 1.165) is 64.5 Å². The maximum atomic E-state index is 11.7. The van der Waals surface area contributed by atoms with Crippen molar-refractivity contribution < 1.29 is 4.79 Å². The molecule has 1 saturated heterocycles. The van der Waals surface area contributed by atoms with Crippen molar-refractivity contribution in [3.05, 3.63) is 18.5 Å². The topological polar surface area (TPSA) is 61.4 Å². The molecule has 3 rings (SSSR count). The van der Waals surface area contributed by atoms with Gasteiger partial charge < -0.3 is 10.2 Å². The van der Waals surface area contributed by atoms with Gasteiger partial charge in [0.05, 0.1) is 0 Å². The highest BCUT2D eigenvalue weighted by atomic mass is 16.1. The summed E-state index contributed by atoms with van der Waals surface area (Å²) in [6, 6.07) is 1.84. The zero-order chi connectivity index (χ0) is 15.2. The van der Waals surface area contributed by atoms with E-state index in [-0.39, 0.29) is 5.91 Å². The molecule has 0 spiro atoms. The number of nitrogens with zero attached hydrogens (tertiary/aromatic N) is 4. The second-order valence-electron chi connectivity index (χ2n) is 6.15. The molecule has 2 fully saturated rings. The van der Waals surface area contributed by atoms with Gasteiger partial charge in [0, 0.05) is 51.0 Å². The van der Waals surface area contributed by atoms with Crippen molar-refractivity contribution in [3.8, 4) is 0 Å². The highest BCUT2D eigenvalue weighted by molar-refractivity contribution is 5.79. The molecule has 1 amide bonds. The SMILES string of the molecule is O=C(NCCCN1CCN(c2ncccn2)CC1)C1CCC1. The zero-order valence-corrected chi connectivity index (χ0v) is 13.1. The number of carbonyl (C=O) groups excluding carboxylic acids is 1. The summed E-state index contributed by atoms with van der Waals surface area (Å²) in [6.45, 7) is 5.87. The van der Waals surface area contributed by atoms with Gasteiger partial charge in [-0.15, -0.1) is 0 Å². The van der Waals surface area contributed by atoms with Gasteiger partial charge in [0.1, 0.15) is 0 Å². The van der Waals surface area contributed by atoms with Crippen LogP contribution in [0.25, 0.3) is 0 Å². The number of carbonyl (C=O) groups is 1. The Balaban J connectivity index is 1.30. The minimum absolute atomic E-state index is 0.261. The molecule has 0 bridgehead atoms. The number of amides is 1. The van der Waals surface area contributed by atoms with Crippen LogP contribution in [0.5, 0.6) is 0 Å². The van der Waals surface area contributed by atoms with E-state index < -0.39 is 0 Å². The van der Waals surface area contributed by atoms with Gasteiger partial charge in [0.2, 0.25) is 11.9 Å². The van der Waals surface area contributed by atoms with Crippen LogP contribution in [0.1, 0.15) is 25.7 Å². The second kappa shape index (κ2) is 7.54. The lowest BCUT2D eigenvalue weighted by Crippen LogP contribution is -2.47. The molecule has 1 aliphatic carbocycles. The monoisotopic (exact) mass is 303 g/mol. The number of nitrogens with one attached hydrogen (secondary N) is 1. The number of aromatic nitrogens is 2. The van der Waals surface area contributed by atoms with Gasteiger partial charge in [-0.3, -0.25) is 9.69 Å². The van der Waals surface area contributed by atoms with E-state index in [0.29, 0.717) is 5.92 Å². The van der Waals surface area contributed by atoms with Crippen LogP contribution in [0, 0.1) is 5.92 Å². The van der Waals surface area contributed by atoms with E-state index in [1.807, 2.05) is 6.07 Å². The molecule has 120 valence electrons. The predicted octanol–water partition coefficient (Wildman–Crippen LogP) is 0.905. The first-order valence-corrected chi connectivity index (χ1v) is 8.35. The lowest BCUT2D eigenvalue weighted by atomic mass is 9.85. The van der Waals surface area contributed by atoms with E-state index >= 15 is 0 Å². The van der Waals surface area contributed by atoms with Crippen molar-refractivity contribution in [2.75, 3.05) is 44.2 Å². The summed E-state index contributed by atoms with van der Waals surface area (Å²) in [4.78, 5) is 25.0. The summed E-state index contributed by atoms with van der Waals surface area (Å²) in [5, 5.41) is 3.06. The summed E-state index contributed by atoms with van der Waals surface area (Å²) in [7, 11) is 0. The Morgan fingerprint density at radius 1 is 1.18 bits per heavy atom. The Bertz CT molecular complexity index is 469. The van der Waals surface area contributed by atoms with Gasteiger partial charge in [-0.2, -0.15) is 0 Å². The maximum absolute atomic E-state index is 11.7. The largest absolute Gasteiger partial charge is 0.356 e. The molecule has 0 atom stereocenters. The van der Waals surface area contributed by atoms with Gasteiger partial charge in [-0.1, -0.05) is 6.42 Å². The molecule has 2 heterocycles. The van der Waals surface area contributed by atoms with Crippen LogP contribution in [0.4, 0.5) is 5.95 Å². The molecule has 6 heteroatoms. The smallest absolute Gasteiger partial charge is 0.225 e. The molecular formula is C16H25N5O. The maximum Gasteiger partial charge on any atom is 0.225 e. The van der Waals surface area contributed by atoms with Crippen molar-refractivity contribution >= 4 is 11.9 Å². The van der Waals surface area contributed by atoms with Crippen molar-refractivity contribution in [2.45, 2.75) is 25.7 Å². The van der Waals surface area contributed by atoms with Crippen LogP contribution in [0.2, 0.25) is 0 Å². The van der Waals surface area contributed by atoms with Crippen molar-refractivity contribution in [2.24, 2.45) is 5.92 Å². The lowest BCUT2D eigenvalue weighted by molar-refractivity contribution is -0.127. The third-order valence-electron chi connectivity index (χ3n) is 4.63. The highest BCUT2D eigenvalue weighted by Gasteiger charge is 2.24. The summed E-state index contributed by atoms with van der Waals surface area (Å²) in [5.41, 5.74) is 0. The normalized spacial score (nSPS) is 19.7. The van der Waals surface area contributed by atoms with Gasteiger partial charge in [-0.05, 0) is 31.9 Å². The van der Waals surface area contributed by atoms with Gasteiger partial charge in [0.25, 0.3) is 0 Å². The zero-order valence-electron chi connectivity index (χ0n) is 13.1. The first kappa shape index (κ1) is 15.2. The number of piperazine rings is 1. The van der Waals surface area contributed by atoms with Crippen molar-refractivity contribution in [1.82, 2.24) is 20.2 Å². The third-order valence-corrected chi connectivity index (χ3v) is 4.63. The summed E-state index contributed by atoms with van der Waals surface area (Å²) < 4.78 is 0. The molecule has 6 nitrogen and oxygen atoms in total. The Kier molecular flexibility index (Phi) is 5.21. The molecule has 0 aromatic carbocycles. The molecule has 1 N–H and O–H groups in total. The Labute approximate surface area is 131 Å². The number of hydrogen-bond acceptors (Lipinski definition) is 5. The van der Waals surface area contributed by atoms with Crippen LogP contribution in [0.15, 0.2) is 18.5 Å². The quantitative estimate of drug-likeness (QED) is 0.791. The predicted molar refractivity (Wildman–Crippen MR) is 85.7 cm³/mol. The van der Waals surface area contributed by atoms with Gasteiger partial charge in [0.15, 0.2) is 0 Å². The Morgan fingerprint density at radius 3 is 2.55 bits per heavy atom. The molecular weight excluding hydrogens is 278 g/mol. The van der Waals surface area contributed by atoms with E-state index in [1.165, 1.54) is 6.42 Å². The number of anilines is 1.